The van der Waals surface area contributed by atoms with Crippen LogP contribution in [0.3, 0.4) is 0 Å². The van der Waals surface area contributed by atoms with E-state index in [-0.39, 0.29) is 11.8 Å². The summed E-state index contributed by atoms with van der Waals surface area (Å²) in [4.78, 5) is 12.7. The number of rotatable bonds is 6. The number of aryl methyl sites for hydroxylation is 1. The minimum Gasteiger partial charge on any atom is -0.480 e. The third-order valence-corrected chi connectivity index (χ3v) is 6.34. The zero-order chi connectivity index (χ0) is 16.3. The van der Waals surface area contributed by atoms with Crippen LogP contribution in [0.1, 0.15) is 30.0 Å². The Kier molecular flexibility index (Phi) is 5.63. The van der Waals surface area contributed by atoms with Crippen LogP contribution in [0.2, 0.25) is 0 Å². The lowest BCUT2D eigenvalue weighted by Gasteiger charge is -2.25. The molecule has 22 heavy (non-hydrogen) atoms. The van der Waals surface area contributed by atoms with Crippen LogP contribution in [0, 0.1) is 6.92 Å². The van der Waals surface area contributed by atoms with Gasteiger partial charge in [0.1, 0.15) is 5.75 Å². The van der Waals surface area contributed by atoms with Gasteiger partial charge < -0.3 is 5.11 Å². The number of carboxylic acid groups (broad SMARTS) is 1. The number of likely N-dealkylation sites (tertiary alicyclic amines) is 1. The van der Waals surface area contributed by atoms with Gasteiger partial charge in [-0.25, -0.2) is 8.42 Å². The molecule has 1 aromatic rings. The molecule has 122 valence electrons. The molecular weight excluding hydrogens is 370 g/mol. The third kappa shape index (κ3) is 4.54. The first kappa shape index (κ1) is 17.4. The largest absolute Gasteiger partial charge is 0.480 e. The topological polar surface area (TPSA) is 74.7 Å². The highest BCUT2D eigenvalue weighted by Crippen LogP contribution is 2.33. The standard InChI is InChI=1S/C15H20BrNO4S/c1-11-9-12(4-5-13(11)16)14-3-2-6-17(14)7-8-22(20,21)10-15(18)19/h4-5,9,14H,2-3,6-8,10H2,1H3,(H,18,19). The van der Waals surface area contributed by atoms with Crippen LogP contribution in [0.25, 0.3) is 0 Å². The molecule has 0 spiro atoms. The summed E-state index contributed by atoms with van der Waals surface area (Å²) in [6, 6.07) is 6.42. The van der Waals surface area contributed by atoms with Crippen molar-refractivity contribution in [1.82, 2.24) is 4.90 Å². The molecule has 5 nitrogen and oxygen atoms in total. The first-order valence-electron chi connectivity index (χ1n) is 7.21. The lowest BCUT2D eigenvalue weighted by Crippen LogP contribution is -2.31. The zero-order valence-electron chi connectivity index (χ0n) is 12.5. The molecule has 7 heteroatoms. The summed E-state index contributed by atoms with van der Waals surface area (Å²) < 4.78 is 24.5. The van der Waals surface area contributed by atoms with E-state index in [0.29, 0.717) is 6.54 Å². The number of hydrogen-bond acceptors (Lipinski definition) is 4. The normalized spacial score (nSPS) is 19.5. The van der Waals surface area contributed by atoms with Crippen LogP contribution in [0.4, 0.5) is 0 Å². The van der Waals surface area contributed by atoms with Crippen molar-refractivity contribution in [2.45, 2.75) is 25.8 Å². The van der Waals surface area contributed by atoms with E-state index in [1.54, 1.807) is 0 Å². The molecule has 1 N–H and O–H groups in total. The number of benzene rings is 1. The van der Waals surface area contributed by atoms with Crippen LogP contribution in [0.15, 0.2) is 22.7 Å². The molecule has 1 heterocycles. The lowest BCUT2D eigenvalue weighted by molar-refractivity contribution is -0.134. The molecule has 1 aliphatic rings. The fourth-order valence-electron chi connectivity index (χ4n) is 2.86. The van der Waals surface area contributed by atoms with Crippen LogP contribution in [-0.2, 0) is 14.6 Å². The highest BCUT2D eigenvalue weighted by Gasteiger charge is 2.27. The number of aliphatic carboxylic acids is 1. The number of sulfone groups is 1. The Morgan fingerprint density at radius 1 is 1.45 bits per heavy atom. The summed E-state index contributed by atoms with van der Waals surface area (Å²) in [7, 11) is -3.54. The number of carbonyl (C=O) groups is 1. The van der Waals surface area contributed by atoms with Crippen LogP contribution in [0.5, 0.6) is 0 Å². The quantitative estimate of drug-likeness (QED) is 0.808. The smallest absolute Gasteiger partial charge is 0.318 e. The average molecular weight is 390 g/mol. The van der Waals surface area contributed by atoms with Gasteiger partial charge in [-0.15, -0.1) is 0 Å². The van der Waals surface area contributed by atoms with E-state index >= 15 is 0 Å². The summed E-state index contributed by atoms with van der Waals surface area (Å²) in [6.07, 6.45) is 2.03. The molecule has 0 saturated carbocycles. The van der Waals surface area contributed by atoms with Crippen molar-refractivity contribution in [2.24, 2.45) is 0 Å². The monoisotopic (exact) mass is 389 g/mol. The Hall–Kier alpha value is -0.920. The van der Waals surface area contributed by atoms with Crippen molar-refractivity contribution in [3.8, 4) is 0 Å². The maximum Gasteiger partial charge on any atom is 0.318 e. The molecule has 1 unspecified atom stereocenters. The van der Waals surface area contributed by atoms with Gasteiger partial charge in [-0.3, -0.25) is 9.69 Å². The summed E-state index contributed by atoms with van der Waals surface area (Å²) in [5.41, 5.74) is 2.34. The summed E-state index contributed by atoms with van der Waals surface area (Å²) >= 11 is 3.48. The Morgan fingerprint density at radius 2 is 2.18 bits per heavy atom. The van der Waals surface area contributed by atoms with Crippen LogP contribution >= 0.6 is 15.9 Å². The number of hydrogen-bond donors (Lipinski definition) is 1. The fraction of sp³-hybridized carbons (Fsp3) is 0.533. The molecule has 0 radical (unpaired) electrons. The predicted octanol–water partition coefficient (Wildman–Crippen LogP) is 2.39. The van der Waals surface area contributed by atoms with E-state index in [9.17, 15) is 13.2 Å². The number of halogens is 1. The maximum absolute atomic E-state index is 11.7. The lowest BCUT2D eigenvalue weighted by atomic mass is 10.0. The molecule has 2 rings (SSSR count). The second-order valence-corrected chi connectivity index (χ2v) is 8.73. The number of nitrogens with zero attached hydrogens (tertiary/aromatic N) is 1. The van der Waals surface area contributed by atoms with Crippen LogP contribution < -0.4 is 0 Å². The number of carboxylic acids is 1. The third-order valence-electron chi connectivity index (χ3n) is 3.96. The van der Waals surface area contributed by atoms with E-state index in [1.165, 1.54) is 5.56 Å². The summed E-state index contributed by atoms with van der Waals surface area (Å²) in [5, 5.41) is 8.63. The molecule has 0 aromatic heterocycles. The second kappa shape index (κ2) is 7.10. The molecule has 1 fully saturated rings. The van der Waals surface area contributed by atoms with Crippen molar-refractivity contribution in [1.29, 1.82) is 0 Å². The highest BCUT2D eigenvalue weighted by atomic mass is 79.9. The minimum absolute atomic E-state index is 0.106. The van der Waals surface area contributed by atoms with Gasteiger partial charge in [0, 0.05) is 17.1 Å². The van der Waals surface area contributed by atoms with Gasteiger partial charge in [-0.1, -0.05) is 28.1 Å². The highest BCUT2D eigenvalue weighted by molar-refractivity contribution is 9.10. The molecule has 1 aromatic carbocycles. The van der Waals surface area contributed by atoms with E-state index in [2.05, 4.69) is 33.0 Å². The molecule has 0 amide bonds. The summed E-state index contributed by atoms with van der Waals surface area (Å²) in [5.74, 6) is -2.18. The predicted molar refractivity (Wildman–Crippen MR) is 88.7 cm³/mol. The van der Waals surface area contributed by atoms with Crippen LogP contribution in [-0.4, -0.2) is 49.0 Å². The van der Waals surface area contributed by atoms with E-state index in [0.717, 1.165) is 29.4 Å². The molecule has 1 atom stereocenters. The van der Waals surface area contributed by atoms with Gasteiger partial charge in [0.05, 0.1) is 5.75 Å². The SMILES string of the molecule is Cc1cc(C2CCCN2CCS(=O)(=O)CC(=O)O)ccc1Br. The molecule has 0 bridgehead atoms. The van der Waals surface area contributed by atoms with E-state index in [4.69, 9.17) is 5.11 Å². The van der Waals surface area contributed by atoms with Gasteiger partial charge in [-0.05, 0) is 43.5 Å². The van der Waals surface area contributed by atoms with Gasteiger partial charge in [0.15, 0.2) is 9.84 Å². The van der Waals surface area contributed by atoms with Crippen molar-refractivity contribution in [2.75, 3.05) is 24.6 Å². The zero-order valence-corrected chi connectivity index (χ0v) is 14.9. The Morgan fingerprint density at radius 3 is 2.82 bits per heavy atom. The Bertz CT molecular complexity index is 660. The van der Waals surface area contributed by atoms with Crippen molar-refractivity contribution >= 4 is 31.7 Å². The van der Waals surface area contributed by atoms with E-state index in [1.807, 2.05) is 13.0 Å². The minimum atomic E-state index is -3.54. The average Bonchev–Trinajstić information content (AvgIpc) is 2.87. The van der Waals surface area contributed by atoms with Crippen molar-refractivity contribution < 1.29 is 18.3 Å². The van der Waals surface area contributed by atoms with Gasteiger partial charge >= 0.3 is 5.97 Å². The first-order valence-corrected chi connectivity index (χ1v) is 9.82. The maximum atomic E-state index is 11.7. The molecule has 1 aliphatic heterocycles. The molecule has 1 saturated heterocycles. The molecular formula is C15H20BrNO4S. The molecule has 0 aliphatic carbocycles. The Balaban J connectivity index is 2.05. The van der Waals surface area contributed by atoms with Gasteiger partial charge in [0.2, 0.25) is 0 Å². The van der Waals surface area contributed by atoms with Crippen molar-refractivity contribution in [3.63, 3.8) is 0 Å². The van der Waals surface area contributed by atoms with Crippen molar-refractivity contribution in [3.05, 3.63) is 33.8 Å². The summed E-state index contributed by atoms with van der Waals surface area (Å²) in [6.45, 7) is 3.27. The Labute approximate surface area is 139 Å². The van der Waals surface area contributed by atoms with Gasteiger partial charge in [-0.2, -0.15) is 0 Å². The van der Waals surface area contributed by atoms with Gasteiger partial charge in [0.25, 0.3) is 0 Å². The second-order valence-electron chi connectivity index (χ2n) is 5.69. The van der Waals surface area contributed by atoms with E-state index < -0.39 is 21.6 Å². The fourth-order valence-corrected chi connectivity index (χ4v) is 4.14. The first-order chi connectivity index (χ1) is 10.3.